The van der Waals surface area contributed by atoms with E-state index in [0.717, 1.165) is 27.5 Å². The van der Waals surface area contributed by atoms with Crippen LogP contribution in [-0.4, -0.2) is 21.5 Å². The fourth-order valence-corrected chi connectivity index (χ4v) is 7.51. The summed E-state index contributed by atoms with van der Waals surface area (Å²) >= 11 is 2.26. The van der Waals surface area contributed by atoms with E-state index in [1.165, 1.54) is 24.3 Å². The van der Waals surface area contributed by atoms with Crippen molar-refractivity contribution in [2.24, 2.45) is 5.92 Å². The summed E-state index contributed by atoms with van der Waals surface area (Å²) in [4.78, 5) is 0.193. The van der Waals surface area contributed by atoms with Gasteiger partial charge in [0.15, 0.2) is 9.84 Å². The van der Waals surface area contributed by atoms with Crippen molar-refractivity contribution in [3.63, 3.8) is 0 Å². The number of hydrogen-bond acceptors (Lipinski definition) is 3. The fraction of sp³-hybridized carbons (Fsp3) is 0.333. The average Bonchev–Trinajstić information content (AvgIpc) is 3.25. The highest BCUT2D eigenvalue weighted by molar-refractivity contribution is 14.1. The summed E-state index contributed by atoms with van der Waals surface area (Å²) in [6, 6.07) is 11.1. The lowest BCUT2D eigenvalue weighted by Gasteiger charge is -2.26. The molecule has 0 heterocycles. The number of hydrogen-bond donors (Lipinski definition) is 1. The maximum absolute atomic E-state index is 13.5. The van der Waals surface area contributed by atoms with Crippen LogP contribution in [0.3, 0.4) is 0 Å². The summed E-state index contributed by atoms with van der Waals surface area (Å²) in [5.74, 6) is -0.368. The topological polar surface area (TPSA) is 46.2 Å². The molecule has 2 aromatic rings. The van der Waals surface area contributed by atoms with Crippen molar-refractivity contribution in [3.05, 3.63) is 63.0 Å². The Kier molecular flexibility index (Phi) is 3.78. The number of halogens is 2. The predicted octanol–water partition coefficient (Wildman–Crippen LogP) is 3.26. The Labute approximate surface area is 154 Å². The number of sulfone groups is 1. The molecule has 0 aliphatic heterocycles. The van der Waals surface area contributed by atoms with E-state index in [9.17, 15) is 12.8 Å². The molecule has 1 saturated carbocycles. The van der Waals surface area contributed by atoms with Crippen LogP contribution >= 0.6 is 22.6 Å². The molecule has 0 radical (unpaired) electrons. The Morgan fingerprint density at radius 2 is 1.92 bits per heavy atom. The van der Waals surface area contributed by atoms with Gasteiger partial charge in [0.25, 0.3) is 0 Å². The molecule has 0 spiro atoms. The second-order valence-corrected chi connectivity index (χ2v) is 9.86. The van der Waals surface area contributed by atoms with Gasteiger partial charge in [0.05, 0.1) is 4.90 Å². The Balaban J connectivity index is 1.94. The maximum Gasteiger partial charge on any atom is 0.190 e. The second kappa shape index (κ2) is 5.51. The number of likely N-dealkylation sites (N-methyl/N-ethyl adjacent to an activating group) is 1. The standard InChI is InChI=1S/C18H17FINO2S/c1-21-17-16-8-2-11-10-13(20)5-9-15(11)18(16,17)24(22,23)14-6-3-12(19)4-7-14/h3-7,9-10,16-17,21H,2,8H2,1H3. The third-order valence-electron chi connectivity index (χ3n) is 5.40. The summed E-state index contributed by atoms with van der Waals surface area (Å²) in [5, 5.41) is 3.21. The van der Waals surface area contributed by atoms with Crippen molar-refractivity contribution in [1.82, 2.24) is 5.32 Å². The van der Waals surface area contributed by atoms with Crippen LogP contribution in [0, 0.1) is 15.3 Å². The molecule has 3 nitrogen and oxygen atoms in total. The largest absolute Gasteiger partial charge is 0.315 e. The first-order valence-electron chi connectivity index (χ1n) is 7.89. The molecule has 2 aliphatic rings. The van der Waals surface area contributed by atoms with Crippen LogP contribution in [0.15, 0.2) is 47.4 Å². The van der Waals surface area contributed by atoms with E-state index in [1.807, 2.05) is 19.2 Å². The Hall–Kier alpha value is -0.990. The van der Waals surface area contributed by atoms with Gasteiger partial charge in [0, 0.05) is 15.5 Å². The molecule has 126 valence electrons. The molecule has 0 amide bonds. The molecule has 3 unspecified atom stereocenters. The van der Waals surface area contributed by atoms with Crippen molar-refractivity contribution in [2.75, 3.05) is 7.05 Å². The van der Waals surface area contributed by atoms with Gasteiger partial charge in [0.1, 0.15) is 10.6 Å². The summed E-state index contributed by atoms with van der Waals surface area (Å²) in [7, 11) is -1.81. The number of benzene rings is 2. The van der Waals surface area contributed by atoms with Gasteiger partial charge < -0.3 is 5.32 Å². The molecule has 2 aromatic carbocycles. The van der Waals surface area contributed by atoms with Gasteiger partial charge in [-0.3, -0.25) is 0 Å². The first-order chi connectivity index (χ1) is 11.4. The normalized spacial score (nSPS) is 28.1. The fourth-order valence-electron chi connectivity index (χ4n) is 4.38. The zero-order valence-electron chi connectivity index (χ0n) is 13.1. The van der Waals surface area contributed by atoms with Crippen LogP contribution in [0.2, 0.25) is 0 Å². The Morgan fingerprint density at radius 3 is 2.58 bits per heavy atom. The average molecular weight is 457 g/mol. The zero-order chi connectivity index (χ0) is 17.1. The first kappa shape index (κ1) is 16.5. The Morgan fingerprint density at radius 1 is 1.21 bits per heavy atom. The van der Waals surface area contributed by atoms with Crippen molar-refractivity contribution >= 4 is 32.4 Å². The third-order valence-corrected chi connectivity index (χ3v) is 8.63. The molecule has 4 rings (SSSR count). The van der Waals surface area contributed by atoms with Crippen LogP contribution in [-0.2, 0) is 21.0 Å². The van der Waals surface area contributed by atoms with E-state index in [-0.39, 0.29) is 16.9 Å². The Bertz CT molecular complexity index is 907. The van der Waals surface area contributed by atoms with Gasteiger partial charge in [-0.05, 0) is 90.0 Å². The highest BCUT2D eigenvalue weighted by Gasteiger charge is 2.74. The van der Waals surface area contributed by atoms with E-state index in [2.05, 4.69) is 34.0 Å². The lowest BCUT2D eigenvalue weighted by atomic mass is 9.91. The van der Waals surface area contributed by atoms with Crippen LogP contribution in [0.25, 0.3) is 0 Å². The lowest BCUT2D eigenvalue weighted by Crippen LogP contribution is -2.32. The second-order valence-electron chi connectivity index (χ2n) is 6.46. The first-order valence-corrected chi connectivity index (χ1v) is 10.5. The lowest BCUT2D eigenvalue weighted by molar-refractivity contribution is 0.553. The summed E-state index contributed by atoms with van der Waals surface area (Å²) in [6.07, 6.45) is 1.74. The van der Waals surface area contributed by atoms with Crippen LogP contribution < -0.4 is 5.32 Å². The van der Waals surface area contributed by atoms with Crippen molar-refractivity contribution < 1.29 is 12.8 Å². The van der Waals surface area contributed by atoms with E-state index >= 15 is 0 Å². The molecule has 6 heteroatoms. The van der Waals surface area contributed by atoms with Crippen molar-refractivity contribution in [2.45, 2.75) is 28.5 Å². The van der Waals surface area contributed by atoms with E-state index in [0.29, 0.717) is 0 Å². The third kappa shape index (κ3) is 2.05. The monoisotopic (exact) mass is 457 g/mol. The van der Waals surface area contributed by atoms with Gasteiger partial charge in [-0.1, -0.05) is 6.07 Å². The summed E-state index contributed by atoms with van der Waals surface area (Å²) in [5.41, 5.74) is 2.02. The SMILES string of the molecule is CNC1C2CCc3cc(I)ccc3C21S(=O)(=O)c1ccc(F)cc1. The maximum atomic E-state index is 13.5. The molecule has 3 atom stereocenters. The van der Waals surface area contributed by atoms with Crippen LogP contribution in [0.4, 0.5) is 4.39 Å². The van der Waals surface area contributed by atoms with Gasteiger partial charge in [-0.15, -0.1) is 0 Å². The van der Waals surface area contributed by atoms with Gasteiger partial charge in [0.2, 0.25) is 0 Å². The number of nitrogens with one attached hydrogen (secondary N) is 1. The van der Waals surface area contributed by atoms with Gasteiger partial charge >= 0.3 is 0 Å². The van der Waals surface area contributed by atoms with Crippen LogP contribution in [0.1, 0.15) is 17.5 Å². The molecule has 2 aliphatic carbocycles. The minimum atomic E-state index is -3.62. The predicted molar refractivity (Wildman–Crippen MR) is 99.1 cm³/mol. The van der Waals surface area contributed by atoms with E-state index < -0.39 is 20.4 Å². The minimum Gasteiger partial charge on any atom is -0.315 e. The summed E-state index contributed by atoms with van der Waals surface area (Å²) < 4.78 is 40.4. The molecule has 0 saturated heterocycles. The number of fused-ring (bicyclic) bond motifs is 3. The zero-order valence-corrected chi connectivity index (χ0v) is 16.1. The molecule has 1 fully saturated rings. The molecule has 0 aromatic heterocycles. The molecule has 1 N–H and O–H groups in total. The van der Waals surface area contributed by atoms with Crippen molar-refractivity contribution in [1.29, 1.82) is 0 Å². The summed E-state index contributed by atoms with van der Waals surface area (Å²) in [6.45, 7) is 0. The highest BCUT2D eigenvalue weighted by atomic mass is 127. The number of aryl methyl sites for hydroxylation is 1. The molecule has 0 bridgehead atoms. The van der Waals surface area contributed by atoms with Gasteiger partial charge in [-0.2, -0.15) is 0 Å². The molecule has 24 heavy (non-hydrogen) atoms. The van der Waals surface area contributed by atoms with E-state index in [4.69, 9.17) is 0 Å². The molecular formula is C18H17FINO2S. The minimum absolute atomic E-state index is 0.0603. The van der Waals surface area contributed by atoms with E-state index in [1.54, 1.807) is 0 Å². The quantitative estimate of drug-likeness (QED) is 0.569. The van der Waals surface area contributed by atoms with Gasteiger partial charge in [-0.25, -0.2) is 12.8 Å². The van der Waals surface area contributed by atoms with Crippen LogP contribution in [0.5, 0.6) is 0 Å². The number of rotatable bonds is 3. The smallest absolute Gasteiger partial charge is 0.190 e. The molecular weight excluding hydrogens is 440 g/mol. The van der Waals surface area contributed by atoms with Crippen molar-refractivity contribution in [3.8, 4) is 0 Å². The highest BCUT2D eigenvalue weighted by Crippen LogP contribution is 2.64.